The largest absolute Gasteiger partial charge is 0.494 e. The van der Waals surface area contributed by atoms with E-state index in [0.717, 1.165) is 29.7 Å². The van der Waals surface area contributed by atoms with Gasteiger partial charge in [0.15, 0.2) is 0 Å². The average molecular weight is 349 g/mol. The predicted molar refractivity (Wildman–Crippen MR) is 104 cm³/mol. The topological polar surface area (TPSA) is 59.4 Å². The third kappa shape index (κ3) is 3.54. The number of pyridine rings is 1. The fourth-order valence-electron chi connectivity index (χ4n) is 3.07. The SMILES string of the molecule is CCCCOc1ccc(-c2nc3ccc(C)cc3c(C(=O)O)c2C)cc1. The van der Waals surface area contributed by atoms with Crippen molar-refractivity contribution in [2.24, 2.45) is 0 Å². The van der Waals surface area contributed by atoms with Crippen molar-refractivity contribution in [2.75, 3.05) is 6.61 Å². The second-order valence-corrected chi connectivity index (χ2v) is 6.51. The summed E-state index contributed by atoms with van der Waals surface area (Å²) in [5, 5.41) is 10.4. The molecule has 0 aliphatic heterocycles. The Balaban J connectivity index is 2.06. The normalized spacial score (nSPS) is 10.9. The molecular formula is C22H23NO3. The summed E-state index contributed by atoms with van der Waals surface area (Å²) in [6.07, 6.45) is 2.12. The summed E-state index contributed by atoms with van der Waals surface area (Å²) in [7, 11) is 0. The van der Waals surface area contributed by atoms with Gasteiger partial charge in [0, 0.05) is 10.9 Å². The van der Waals surface area contributed by atoms with Gasteiger partial charge in [-0.05, 0) is 62.2 Å². The maximum atomic E-state index is 11.9. The number of carboxylic acid groups (broad SMARTS) is 1. The summed E-state index contributed by atoms with van der Waals surface area (Å²) in [5.74, 6) is -0.115. The Morgan fingerprint density at radius 2 is 1.85 bits per heavy atom. The van der Waals surface area contributed by atoms with E-state index in [4.69, 9.17) is 9.72 Å². The van der Waals surface area contributed by atoms with Gasteiger partial charge in [-0.25, -0.2) is 9.78 Å². The number of carbonyl (C=O) groups is 1. The minimum atomic E-state index is -0.929. The molecule has 134 valence electrons. The molecule has 0 atom stereocenters. The molecule has 0 aliphatic carbocycles. The Morgan fingerprint density at radius 1 is 1.12 bits per heavy atom. The zero-order chi connectivity index (χ0) is 18.7. The summed E-state index contributed by atoms with van der Waals surface area (Å²) in [5.41, 5.74) is 4.28. The van der Waals surface area contributed by atoms with Crippen molar-refractivity contribution in [1.82, 2.24) is 4.98 Å². The smallest absolute Gasteiger partial charge is 0.336 e. The zero-order valence-electron chi connectivity index (χ0n) is 15.4. The number of nitrogens with zero attached hydrogens (tertiary/aromatic N) is 1. The maximum Gasteiger partial charge on any atom is 0.336 e. The highest BCUT2D eigenvalue weighted by Crippen LogP contribution is 2.31. The number of hydrogen-bond acceptors (Lipinski definition) is 3. The number of hydrogen-bond donors (Lipinski definition) is 1. The van der Waals surface area contributed by atoms with Crippen molar-refractivity contribution in [2.45, 2.75) is 33.6 Å². The molecular weight excluding hydrogens is 326 g/mol. The second kappa shape index (κ2) is 7.56. The molecule has 1 aromatic heterocycles. The van der Waals surface area contributed by atoms with E-state index in [9.17, 15) is 9.90 Å². The number of rotatable bonds is 6. The molecule has 1 heterocycles. The van der Waals surface area contributed by atoms with Crippen LogP contribution in [0.5, 0.6) is 5.75 Å². The highest BCUT2D eigenvalue weighted by Gasteiger charge is 2.18. The summed E-state index contributed by atoms with van der Waals surface area (Å²) < 4.78 is 5.70. The van der Waals surface area contributed by atoms with Crippen LogP contribution < -0.4 is 4.74 Å². The van der Waals surface area contributed by atoms with E-state index in [1.807, 2.05) is 56.3 Å². The van der Waals surface area contributed by atoms with Crippen molar-refractivity contribution in [3.63, 3.8) is 0 Å². The number of ether oxygens (including phenoxy) is 1. The molecule has 0 radical (unpaired) electrons. The van der Waals surface area contributed by atoms with E-state index in [2.05, 4.69) is 6.92 Å². The third-order valence-electron chi connectivity index (χ3n) is 4.49. The van der Waals surface area contributed by atoms with Crippen molar-refractivity contribution >= 4 is 16.9 Å². The Bertz CT molecular complexity index is 946. The summed E-state index contributed by atoms with van der Waals surface area (Å²) in [6, 6.07) is 13.4. The molecule has 1 N–H and O–H groups in total. The lowest BCUT2D eigenvalue weighted by molar-refractivity contribution is 0.0698. The highest BCUT2D eigenvalue weighted by molar-refractivity contribution is 6.05. The van der Waals surface area contributed by atoms with Crippen molar-refractivity contribution in [3.8, 4) is 17.0 Å². The lowest BCUT2D eigenvalue weighted by Gasteiger charge is -2.13. The van der Waals surface area contributed by atoms with Gasteiger partial charge in [-0.1, -0.05) is 25.0 Å². The van der Waals surface area contributed by atoms with Gasteiger partial charge in [0.2, 0.25) is 0 Å². The molecule has 0 amide bonds. The van der Waals surface area contributed by atoms with Crippen LogP contribution in [0.4, 0.5) is 0 Å². The lowest BCUT2D eigenvalue weighted by atomic mass is 9.97. The number of aryl methyl sites for hydroxylation is 1. The fourth-order valence-corrected chi connectivity index (χ4v) is 3.07. The zero-order valence-corrected chi connectivity index (χ0v) is 15.4. The van der Waals surface area contributed by atoms with Gasteiger partial charge in [0.25, 0.3) is 0 Å². The molecule has 0 bridgehead atoms. The molecule has 0 saturated carbocycles. The molecule has 0 spiro atoms. The van der Waals surface area contributed by atoms with E-state index in [1.165, 1.54) is 0 Å². The van der Waals surface area contributed by atoms with Crippen LogP contribution in [0.25, 0.3) is 22.2 Å². The molecule has 4 heteroatoms. The number of aromatic nitrogens is 1. The Morgan fingerprint density at radius 3 is 2.50 bits per heavy atom. The average Bonchev–Trinajstić information content (AvgIpc) is 2.62. The predicted octanol–water partition coefficient (Wildman–Crippen LogP) is 5.40. The van der Waals surface area contributed by atoms with Gasteiger partial charge in [-0.2, -0.15) is 0 Å². The quantitative estimate of drug-likeness (QED) is 0.606. The van der Waals surface area contributed by atoms with Crippen molar-refractivity contribution in [3.05, 3.63) is 59.2 Å². The van der Waals surface area contributed by atoms with Crippen LogP contribution in [-0.4, -0.2) is 22.7 Å². The first-order valence-electron chi connectivity index (χ1n) is 8.88. The summed E-state index contributed by atoms with van der Waals surface area (Å²) >= 11 is 0. The van der Waals surface area contributed by atoms with E-state index in [-0.39, 0.29) is 0 Å². The van der Waals surface area contributed by atoms with Crippen LogP contribution in [0.3, 0.4) is 0 Å². The number of carboxylic acids is 1. The monoisotopic (exact) mass is 349 g/mol. The first-order chi connectivity index (χ1) is 12.5. The standard InChI is InChI=1S/C22H23NO3/c1-4-5-12-26-17-9-7-16(8-10-17)21-15(3)20(22(24)25)18-13-14(2)6-11-19(18)23-21/h6-11,13H,4-5,12H2,1-3H3,(H,24,25). The summed E-state index contributed by atoms with van der Waals surface area (Å²) in [6.45, 7) is 6.60. The second-order valence-electron chi connectivity index (χ2n) is 6.51. The summed E-state index contributed by atoms with van der Waals surface area (Å²) in [4.78, 5) is 16.6. The molecule has 3 aromatic rings. The Labute approximate surface area is 153 Å². The van der Waals surface area contributed by atoms with Crippen LogP contribution in [-0.2, 0) is 0 Å². The molecule has 4 nitrogen and oxygen atoms in total. The van der Waals surface area contributed by atoms with Crippen LogP contribution in [0.2, 0.25) is 0 Å². The molecule has 0 unspecified atom stereocenters. The highest BCUT2D eigenvalue weighted by atomic mass is 16.5. The number of fused-ring (bicyclic) bond motifs is 1. The minimum Gasteiger partial charge on any atom is -0.494 e. The first kappa shape index (κ1) is 17.9. The van der Waals surface area contributed by atoms with Gasteiger partial charge in [-0.3, -0.25) is 0 Å². The molecule has 0 aliphatic rings. The van der Waals surface area contributed by atoms with Gasteiger partial charge in [0.1, 0.15) is 5.75 Å². The fraction of sp³-hybridized carbons (Fsp3) is 0.273. The van der Waals surface area contributed by atoms with Crippen molar-refractivity contribution in [1.29, 1.82) is 0 Å². The van der Waals surface area contributed by atoms with Crippen LogP contribution in [0.1, 0.15) is 41.3 Å². The van der Waals surface area contributed by atoms with Gasteiger partial charge < -0.3 is 9.84 Å². The van der Waals surface area contributed by atoms with Gasteiger partial charge in [0.05, 0.1) is 23.4 Å². The number of unbranched alkanes of at least 4 members (excludes halogenated alkanes) is 1. The molecule has 0 saturated heterocycles. The van der Waals surface area contributed by atoms with Crippen LogP contribution in [0, 0.1) is 13.8 Å². The molecule has 2 aromatic carbocycles. The van der Waals surface area contributed by atoms with E-state index < -0.39 is 5.97 Å². The van der Waals surface area contributed by atoms with Gasteiger partial charge in [-0.15, -0.1) is 0 Å². The minimum absolute atomic E-state index is 0.317. The molecule has 26 heavy (non-hydrogen) atoms. The first-order valence-corrected chi connectivity index (χ1v) is 8.88. The van der Waals surface area contributed by atoms with Crippen molar-refractivity contribution < 1.29 is 14.6 Å². The van der Waals surface area contributed by atoms with Crippen LogP contribution >= 0.6 is 0 Å². The lowest BCUT2D eigenvalue weighted by Crippen LogP contribution is -2.05. The van der Waals surface area contributed by atoms with E-state index >= 15 is 0 Å². The maximum absolute atomic E-state index is 11.9. The third-order valence-corrected chi connectivity index (χ3v) is 4.49. The van der Waals surface area contributed by atoms with Crippen LogP contribution in [0.15, 0.2) is 42.5 Å². The molecule has 3 rings (SSSR count). The Kier molecular flexibility index (Phi) is 5.21. The van der Waals surface area contributed by atoms with E-state index in [0.29, 0.717) is 34.3 Å². The van der Waals surface area contributed by atoms with Gasteiger partial charge >= 0.3 is 5.97 Å². The Hall–Kier alpha value is -2.88. The number of benzene rings is 2. The van der Waals surface area contributed by atoms with E-state index in [1.54, 1.807) is 0 Å². The molecule has 0 fully saturated rings. The number of aromatic carboxylic acids is 1.